The smallest absolute Gasteiger partial charge is 0.275 e. The van der Waals surface area contributed by atoms with Crippen LogP contribution < -0.4 is 5.43 Å². The standard InChI is InChI=1S/C4H5N3O2/c1-2(8)3-4(9)6-7-5-3/h3H,1H3,(H,5,6,9). The van der Waals surface area contributed by atoms with Gasteiger partial charge >= 0.3 is 0 Å². The molecule has 0 bridgehead atoms. The van der Waals surface area contributed by atoms with Crippen LogP contribution in [-0.2, 0) is 9.59 Å². The zero-order valence-electron chi connectivity index (χ0n) is 4.79. The van der Waals surface area contributed by atoms with Crippen molar-refractivity contribution in [3.8, 4) is 0 Å². The highest BCUT2D eigenvalue weighted by atomic mass is 16.2. The van der Waals surface area contributed by atoms with Crippen LogP contribution in [0.2, 0.25) is 0 Å². The molecule has 0 saturated heterocycles. The van der Waals surface area contributed by atoms with Crippen molar-refractivity contribution in [3.63, 3.8) is 0 Å². The summed E-state index contributed by atoms with van der Waals surface area (Å²) >= 11 is 0. The van der Waals surface area contributed by atoms with Crippen LogP contribution in [0.15, 0.2) is 10.3 Å². The lowest BCUT2D eigenvalue weighted by Gasteiger charge is -1.92. The van der Waals surface area contributed by atoms with Gasteiger partial charge in [0.15, 0.2) is 5.78 Å². The molecule has 1 unspecified atom stereocenters. The van der Waals surface area contributed by atoms with E-state index in [1.54, 1.807) is 0 Å². The van der Waals surface area contributed by atoms with Gasteiger partial charge in [0.05, 0.1) is 0 Å². The van der Waals surface area contributed by atoms with Crippen LogP contribution in [-0.4, -0.2) is 17.7 Å². The van der Waals surface area contributed by atoms with Gasteiger partial charge in [0.1, 0.15) is 0 Å². The molecule has 48 valence electrons. The lowest BCUT2D eigenvalue weighted by molar-refractivity contribution is -0.127. The Morgan fingerprint density at radius 1 is 1.78 bits per heavy atom. The Morgan fingerprint density at radius 3 is 2.67 bits per heavy atom. The summed E-state index contributed by atoms with van der Waals surface area (Å²) in [5, 5.41) is 6.50. The Bertz CT molecular complexity index is 186. The Balaban J connectivity index is 2.71. The molecule has 1 aliphatic heterocycles. The predicted octanol–water partition coefficient (Wildman–Crippen LogP) is -0.559. The van der Waals surface area contributed by atoms with Crippen LogP contribution in [0.5, 0.6) is 0 Å². The number of nitrogens with zero attached hydrogens (tertiary/aromatic N) is 2. The quantitative estimate of drug-likeness (QED) is 0.479. The molecule has 1 amide bonds. The maximum absolute atomic E-state index is 10.5. The van der Waals surface area contributed by atoms with E-state index in [0.717, 1.165) is 0 Å². The second-order valence-electron chi connectivity index (χ2n) is 1.70. The highest BCUT2D eigenvalue weighted by Crippen LogP contribution is 1.99. The van der Waals surface area contributed by atoms with Gasteiger partial charge in [-0.15, -0.1) is 5.11 Å². The fourth-order valence-corrected chi connectivity index (χ4v) is 0.515. The summed E-state index contributed by atoms with van der Waals surface area (Å²) in [6, 6.07) is -0.898. The fourth-order valence-electron chi connectivity index (χ4n) is 0.515. The van der Waals surface area contributed by atoms with Crippen molar-refractivity contribution in [2.75, 3.05) is 0 Å². The number of ketones is 1. The normalized spacial score (nSPS) is 24.1. The van der Waals surface area contributed by atoms with Crippen molar-refractivity contribution in [1.29, 1.82) is 0 Å². The molecule has 0 fully saturated rings. The first kappa shape index (κ1) is 5.87. The minimum absolute atomic E-state index is 0.284. The molecule has 1 heterocycles. The van der Waals surface area contributed by atoms with Gasteiger partial charge in [-0.05, 0) is 6.92 Å². The van der Waals surface area contributed by atoms with Crippen LogP contribution >= 0.6 is 0 Å². The Morgan fingerprint density at radius 2 is 2.44 bits per heavy atom. The van der Waals surface area contributed by atoms with Crippen molar-refractivity contribution >= 4 is 11.7 Å². The maximum Gasteiger partial charge on any atom is 0.275 e. The van der Waals surface area contributed by atoms with E-state index in [4.69, 9.17) is 0 Å². The first-order valence-corrected chi connectivity index (χ1v) is 2.42. The van der Waals surface area contributed by atoms with E-state index in [1.165, 1.54) is 6.92 Å². The lowest BCUT2D eigenvalue weighted by Crippen LogP contribution is -2.28. The maximum atomic E-state index is 10.5. The topological polar surface area (TPSA) is 70.9 Å². The van der Waals surface area contributed by atoms with E-state index in [-0.39, 0.29) is 5.78 Å². The van der Waals surface area contributed by atoms with Crippen LogP contribution in [0.3, 0.4) is 0 Å². The molecule has 1 aliphatic rings. The van der Waals surface area contributed by atoms with Crippen molar-refractivity contribution in [2.24, 2.45) is 10.3 Å². The number of hydrogen-bond acceptors (Lipinski definition) is 4. The molecule has 1 N–H and O–H groups in total. The summed E-state index contributed by atoms with van der Waals surface area (Å²) in [6.45, 7) is 1.30. The molecule has 0 aliphatic carbocycles. The second-order valence-corrected chi connectivity index (χ2v) is 1.70. The van der Waals surface area contributed by atoms with E-state index in [9.17, 15) is 9.59 Å². The molecule has 0 aromatic carbocycles. The Kier molecular flexibility index (Phi) is 1.26. The molecule has 0 aromatic heterocycles. The third-order valence-corrected chi connectivity index (χ3v) is 0.967. The SMILES string of the molecule is CC(=O)C1N=NNC1=O. The molecule has 0 radical (unpaired) electrons. The van der Waals surface area contributed by atoms with Crippen molar-refractivity contribution < 1.29 is 9.59 Å². The van der Waals surface area contributed by atoms with Gasteiger partial charge in [0.25, 0.3) is 5.91 Å². The summed E-state index contributed by atoms with van der Waals surface area (Å²) in [5.74, 6) is -0.726. The fraction of sp³-hybridized carbons (Fsp3) is 0.500. The van der Waals surface area contributed by atoms with Crippen molar-refractivity contribution in [3.05, 3.63) is 0 Å². The molecule has 0 spiro atoms. The molecular weight excluding hydrogens is 122 g/mol. The molecule has 1 rings (SSSR count). The van der Waals surface area contributed by atoms with E-state index in [1.807, 2.05) is 5.43 Å². The zero-order valence-corrected chi connectivity index (χ0v) is 4.79. The predicted molar refractivity (Wildman–Crippen MR) is 27.5 cm³/mol. The minimum Gasteiger partial charge on any atom is -0.297 e. The zero-order chi connectivity index (χ0) is 6.85. The average Bonchev–Trinajstić information content (AvgIpc) is 2.13. The van der Waals surface area contributed by atoms with Crippen molar-refractivity contribution in [1.82, 2.24) is 5.43 Å². The van der Waals surface area contributed by atoms with Crippen LogP contribution in [0.4, 0.5) is 0 Å². The number of carbonyl (C=O) groups is 2. The highest BCUT2D eigenvalue weighted by molar-refractivity contribution is 6.05. The van der Waals surface area contributed by atoms with Gasteiger partial charge in [0.2, 0.25) is 6.04 Å². The Hall–Kier alpha value is -1.26. The van der Waals surface area contributed by atoms with E-state index < -0.39 is 11.9 Å². The minimum atomic E-state index is -0.898. The molecule has 5 nitrogen and oxygen atoms in total. The summed E-state index contributed by atoms with van der Waals surface area (Å²) in [5.41, 5.74) is 2.05. The number of Topliss-reactive ketones (excluding diaryl/α,β-unsaturated/α-hetero) is 1. The van der Waals surface area contributed by atoms with Gasteiger partial charge in [-0.1, -0.05) is 5.22 Å². The van der Waals surface area contributed by atoms with Crippen LogP contribution in [0.1, 0.15) is 6.92 Å². The first-order valence-electron chi connectivity index (χ1n) is 2.42. The number of hydrogen-bond donors (Lipinski definition) is 1. The van der Waals surface area contributed by atoms with Crippen molar-refractivity contribution in [2.45, 2.75) is 13.0 Å². The second kappa shape index (κ2) is 1.93. The molecule has 1 atom stereocenters. The number of rotatable bonds is 1. The van der Waals surface area contributed by atoms with E-state index in [0.29, 0.717) is 0 Å². The van der Waals surface area contributed by atoms with Gasteiger partial charge < -0.3 is 0 Å². The van der Waals surface area contributed by atoms with Gasteiger partial charge in [-0.25, -0.2) is 5.43 Å². The molecule has 0 aromatic rings. The monoisotopic (exact) mass is 127 g/mol. The lowest BCUT2D eigenvalue weighted by atomic mass is 10.2. The summed E-state index contributed by atoms with van der Waals surface area (Å²) in [7, 11) is 0. The third kappa shape index (κ3) is 0.933. The largest absolute Gasteiger partial charge is 0.297 e. The van der Waals surface area contributed by atoms with Crippen LogP contribution in [0, 0.1) is 0 Å². The summed E-state index contributed by atoms with van der Waals surface area (Å²) in [6.07, 6.45) is 0. The van der Waals surface area contributed by atoms with E-state index >= 15 is 0 Å². The van der Waals surface area contributed by atoms with E-state index in [2.05, 4.69) is 10.3 Å². The van der Waals surface area contributed by atoms with Gasteiger partial charge in [0, 0.05) is 0 Å². The van der Waals surface area contributed by atoms with Gasteiger partial charge in [-0.3, -0.25) is 9.59 Å². The third-order valence-electron chi connectivity index (χ3n) is 0.967. The molecule has 0 saturated carbocycles. The average molecular weight is 127 g/mol. The number of carbonyl (C=O) groups excluding carboxylic acids is 2. The summed E-state index contributed by atoms with van der Waals surface area (Å²) in [4.78, 5) is 20.9. The number of nitrogens with one attached hydrogen (secondary N) is 1. The highest BCUT2D eigenvalue weighted by Gasteiger charge is 2.26. The molecular formula is C4H5N3O2. The summed E-state index contributed by atoms with van der Waals surface area (Å²) < 4.78 is 0. The molecule has 9 heavy (non-hydrogen) atoms. The number of amides is 1. The van der Waals surface area contributed by atoms with Gasteiger partial charge in [-0.2, -0.15) is 0 Å². The van der Waals surface area contributed by atoms with Crippen LogP contribution in [0.25, 0.3) is 0 Å². The first-order chi connectivity index (χ1) is 4.22. The molecule has 5 heteroatoms. The Labute approximate surface area is 51.1 Å².